The van der Waals surface area contributed by atoms with Gasteiger partial charge in [-0.2, -0.15) is 0 Å². The first-order chi connectivity index (χ1) is 17.5. The predicted molar refractivity (Wildman–Crippen MR) is 130 cm³/mol. The molecule has 6 rings (SSSR count). The van der Waals surface area contributed by atoms with E-state index in [4.69, 9.17) is 14.2 Å². The van der Waals surface area contributed by atoms with Gasteiger partial charge in [-0.15, -0.1) is 0 Å². The van der Waals surface area contributed by atoms with Crippen molar-refractivity contribution in [1.82, 2.24) is 4.90 Å². The number of fused-ring (bicyclic) bond motifs is 2. The second kappa shape index (κ2) is 9.47. The largest absolute Gasteiger partial charge is 0.488 e. The third-order valence-corrected chi connectivity index (χ3v) is 7.54. The Labute approximate surface area is 209 Å². The molecule has 7 heteroatoms. The van der Waals surface area contributed by atoms with Crippen molar-refractivity contribution in [2.45, 2.75) is 56.3 Å². The van der Waals surface area contributed by atoms with Crippen molar-refractivity contribution in [2.75, 3.05) is 13.2 Å². The summed E-state index contributed by atoms with van der Waals surface area (Å²) in [5.74, 6) is -1.05. The van der Waals surface area contributed by atoms with Crippen LogP contribution in [0.1, 0.15) is 29.5 Å². The lowest BCUT2D eigenvalue weighted by atomic mass is 9.84. The van der Waals surface area contributed by atoms with Crippen LogP contribution in [0, 0.1) is 11.6 Å². The molecule has 188 valence electrons. The minimum absolute atomic E-state index is 0.287. The predicted octanol–water partition coefficient (Wildman–Crippen LogP) is 4.64. The minimum atomic E-state index is -1.65. The van der Waals surface area contributed by atoms with Gasteiger partial charge in [0, 0.05) is 13.1 Å². The lowest BCUT2D eigenvalue weighted by Crippen LogP contribution is -2.70. The molecule has 3 aromatic carbocycles. The summed E-state index contributed by atoms with van der Waals surface area (Å²) in [5.41, 5.74) is 2.73. The van der Waals surface area contributed by atoms with Crippen LogP contribution in [0.4, 0.5) is 8.78 Å². The number of morpholine rings is 1. The smallest absolute Gasteiger partial charge is 0.223 e. The molecule has 0 amide bonds. The molecule has 1 N–H and O–H groups in total. The molecule has 36 heavy (non-hydrogen) atoms. The summed E-state index contributed by atoms with van der Waals surface area (Å²) in [6.07, 6.45) is 1.25. The van der Waals surface area contributed by atoms with Gasteiger partial charge in [-0.25, -0.2) is 8.78 Å². The Kier molecular flexibility index (Phi) is 6.15. The molecule has 0 radical (unpaired) electrons. The molecule has 0 aliphatic carbocycles. The van der Waals surface area contributed by atoms with Crippen LogP contribution >= 0.6 is 0 Å². The Hall–Kier alpha value is -3.00. The number of aryl methyl sites for hydroxylation is 2. The normalized spacial score (nSPS) is 27.9. The number of aliphatic hydroxyl groups is 1. The van der Waals surface area contributed by atoms with Crippen molar-refractivity contribution in [2.24, 2.45) is 0 Å². The molecule has 5 nitrogen and oxygen atoms in total. The third kappa shape index (κ3) is 4.36. The standard InChI is InChI=1S/C29H29F2NO4/c30-22-8-11-24-20(16-22)6-10-26(35-24)28-29(33,27-13-7-21-17-23(31)9-12-25(21)36-27)34-15-14-32(28)18-19-4-2-1-3-5-19/h1-5,8-9,11-12,16-17,26-28,33H,6-7,10,13-15,18H2/t26-,27+,28?,29?/m0/s1. The van der Waals surface area contributed by atoms with Gasteiger partial charge in [0.05, 0.1) is 6.61 Å². The molecule has 0 aromatic heterocycles. The first-order valence-electron chi connectivity index (χ1n) is 12.5. The van der Waals surface area contributed by atoms with E-state index >= 15 is 0 Å². The zero-order valence-electron chi connectivity index (χ0n) is 19.9. The number of hydrogen-bond donors (Lipinski definition) is 1. The highest BCUT2D eigenvalue weighted by molar-refractivity contribution is 5.38. The van der Waals surface area contributed by atoms with Gasteiger partial charge in [-0.05, 0) is 78.8 Å². The van der Waals surface area contributed by atoms with Gasteiger partial charge in [0.1, 0.15) is 35.3 Å². The van der Waals surface area contributed by atoms with Gasteiger partial charge in [-0.3, -0.25) is 4.90 Å². The number of halogens is 2. The van der Waals surface area contributed by atoms with Crippen LogP contribution in [0.2, 0.25) is 0 Å². The van der Waals surface area contributed by atoms with Crippen LogP contribution < -0.4 is 9.47 Å². The minimum Gasteiger partial charge on any atom is -0.488 e. The van der Waals surface area contributed by atoms with Crippen molar-refractivity contribution in [3.8, 4) is 11.5 Å². The third-order valence-electron chi connectivity index (χ3n) is 7.54. The van der Waals surface area contributed by atoms with E-state index in [1.165, 1.54) is 24.3 Å². The maximum Gasteiger partial charge on any atom is 0.223 e. The summed E-state index contributed by atoms with van der Waals surface area (Å²) in [5, 5.41) is 12.2. The Bertz CT molecular complexity index is 1240. The Morgan fingerprint density at radius 3 is 2.25 bits per heavy atom. The Balaban J connectivity index is 1.34. The zero-order chi connectivity index (χ0) is 24.7. The average molecular weight is 494 g/mol. The van der Waals surface area contributed by atoms with E-state index < -0.39 is 24.0 Å². The number of rotatable bonds is 4. The van der Waals surface area contributed by atoms with Gasteiger partial charge < -0.3 is 19.3 Å². The molecule has 3 aliphatic rings. The quantitative estimate of drug-likeness (QED) is 0.574. The van der Waals surface area contributed by atoms with E-state index in [-0.39, 0.29) is 11.6 Å². The summed E-state index contributed by atoms with van der Waals surface area (Å²) in [4.78, 5) is 2.21. The Morgan fingerprint density at radius 1 is 0.861 bits per heavy atom. The fraction of sp³-hybridized carbons (Fsp3) is 0.379. The summed E-state index contributed by atoms with van der Waals surface area (Å²) >= 11 is 0. The van der Waals surface area contributed by atoms with Gasteiger partial charge in [0.2, 0.25) is 5.79 Å². The SMILES string of the molecule is OC1([C@H]2CCc3cc(F)ccc3O2)OCCN(Cc2ccccc2)C1[C@@H]1CCc2cc(F)ccc2O1. The highest BCUT2D eigenvalue weighted by Crippen LogP contribution is 2.41. The van der Waals surface area contributed by atoms with E-state index in [1.54, 1.807) is 12.1 Å². The second-order valence-corrected chi connectivity index (χ2v) is 9.85. The lowest BCUT2D eigenvalue weighted by Gasteiger charge is -2.53. The molecule has 3 aliphatic heterocycles. The van der Waals surface area contributed by atoms with Gasteiger partial charge in [0.15, 0.2) is 6.10 Å². The van der Waals surface area contributed by atoms with Gasteiger partial charge >= 0.3 is 0 Å². The van der Waals surface area contributed by atoms with Gasteiger partial charge in [0.25, 0.3) is 0 Å². The van der Waals surface area contributed by atoms with E-state index in [2.05, 4.69) is 17.0 Å². The highest BCUT2D eigenvalue weighted by Gasteiger charge is 2.56. The van der Waals surface area contributed by atoms with E-state index in [0.29, 0.717) is 56.9 Å². The first kappa shape index (κ1) is 23.4. The molecular formula is C29H29F2NO4. The second-order valence-electron chi connectivity index (χ2n) is 9.85. The lowest BCUT2D eigenvalue weighted by molar-refractivity contribution is -0.319. The summed E-state index contributed by atoms with van der Waals surface area (Å²) in [6, 6.07) is 18.6. The van der Waals surface area contributed by atoms with Gasteiger partial charge in [-0.1, -0.05) is 30.3 Å². The van der Waals surface area contributed by atoms with E-state index in [0.717, 1.165) is 16.7 Å². The van der Waals surface area contributed by atoms with E-state index in [9.17, 15) is 13.9 Å². The molecule has 4 atom stereocenters. The van der Waals surface area contributed by atoms with Crippen molar-refractivity contribution >= 4 is 0 Å². The Morgan fingerprint density at radius 2 is 1.53 bits per heavy atom. The summed E-state index contributed by atoms with van der Waals surface area (Å²) < 4.78 is 46.4. The van der Waals surface area contributed by atoms with Crippen molar-refractivity contribution in [3.05, 3.63) is 95.1 Å². The molecule has 0 spiro atoms. The molecule has 1 saturated heterocycles. The van der Waals surface area contributed by atoms with Crippen molar-refractivity contribution < 1.29 is 28.1 Å². The molecule has 3 heterocycles. The molecule has 0 saturated carbocycles. The molecule has 2 unspecified atom stereocenters. The molecule has 1 fully saturated rings. The maximum absolute atomic E-state index is 13.8. The van der Waals surface area contributed by atoms with Crippen LogP contribution in [0.3, 0.4) is 0 Å². The van der Waals surface area contributed by atoms with Crippen molar-refractivity contribution in [1.29, 1.82) is 0 Å². The van der Waals surface area contributed by atoms with E-state index in [1.807, 2.05) is 18.2 Å². The van der Waals surface area contributed by atoms with Crippen LogP contribution in [-0.4, -0.2) is 47.2 Å². The average Bonchev–Trinajstić information content (AvgIpc) is 2.89. The molecular weight excluding hydrogens is 464 g/mol. The fourth-order valence-corrected chi connectivity index (χ4v) is 5.84. The number of benzene rings is 3. The summed E-state index contributed by atoms with van der Waals surface area (Å²) in [7, 11) is 0. The zero-order valence-corrected chi connectivity index (χ0v) is 19.9. The number of hydrogen-bond acceptors (Lipinski definition) is 5. The monoisotopic (exact) mass is 493 g/mol. The van der Waals surface area contributed by atoms with Crippen LogP contribution in [0.25, 0.3) is 0 Å². The maximum atomic E-state index is 13.8. The van der Waals surface area contributed by atoms with Crippen LogP contribution in [-0.2, 0) is 24.1 Å². The fourth-order valence-electron chi connectivity index (χ4n) is 5.84. The van der Waals surface area contributed by atoms with Crippen molar-refractivity contribution in [3.63, 3.8) is 0 Å². The molecule has 3 aromatic rings. The topological polar surface area (TPSA) is 51.2 Å². The summed E-state index contributed by atoms with van der Waals surface area (Å²) in [6.45, 7) is 1.57. The molecule has 0 bridgehead atoms. The van der Waals surface area contributed by atoms with Crippen LogP contribution in [0.5, 0.6) is 11.5 Å². The van der Waals surface area contributed by atoms with Crippen LogP contribution in [0.15, 0.2) is 66.7 Å². The highest BCUT2D eigenvalue weighted by atomic mass is 19.1. The first-order valence-corrected chi connectivity index (χ1v) is 12.5. The number of nitrogens with zero attached hydrogens (tertiary/aromatic N) is 1. The number of ether oxygens (including phenoxy) is 3.